The Morgan fingerprint density at radius 1 is 1.36 bits per heavy atom. The summed E-state index contributed by atoms with van der Waals surface area (Å²) in [5, 5.41) is 7.17. The monoisotopic (exact) mass is 343 g/mol. The molecule has 1 unspecified atom stereocenters. The second kappa shape index (κ2) is 5.86. The quantitative estimate of drug-likeness (QED) is 0.928. The number of aromatic nitrogens is 2. The van der Waals surface area contributed by atoms with E-state index in [-0.39, 0.29) is 28.9 Å². The number of ketones is 1. The highest BCUT2D eigenvalue weighted by Gasteiger charge is 2.37. The molecule has 0 aliphatic heterocycles. The summed E-state index contributed by atoms with van der Waals surface area (Å²) in [5.74, 6) is 0.634. The summed E-state index contributed by atoms with van der Waals surface area (Å²) in [6.45, 7) is 9.74. The fraction of sp³-hybridized carbons (Fsp3) is 0.526. The lowest BCUT2D eigenvalue weighted by Gasteiger charge is -2.27. The Kier molecular flexibility index (Phi) is 4.09. The molecular weight excluding hydrogens is 318 g/mol. The normalized spacial score (nSPS) is 17.3. The first-order chi connectivity index (χ1) is 11.6. The summed E-state index contributed by atoms with van der Waals surface area (Å²) in [6.07, 6.45) is 2.90. The number of fused-ring (bicyclic) bond motifs is 1. The number of carbonyl (C=O) groups excluding carboxylic acids is 2. The number of nitrogens with zero attached hydrogens (tertiary/aromatic N) is 2. The maximum Gasteiger partial charge on any atom is 0.287 e. The lowest BCUT2D eigenvalue weighted by molar-refractivity contribution is 0.0883. The summed E-state index contributed by atoms with van der Waals surface area (Å²) in [7, 11) is 1.87. The second-order valence-corrected chi connectivity index (χ2v) is 7.80. The van der Waals surface area contributed by atoms with E-state index in [0.717, 1.165) is 11.3 Å². The Morgan fingerprint density at radius 3 is 2.64 bits per heavy atom. The first-order valence-electron chi connectivity index (χ1n) is 8.55. The van der Waals surface area contributed by atoms with Gasteiger partial charge >= 0.3 is 0 Å². The molecule has 0 fully saturated rings. The third-order valence-electron chi connectivity index (χ3n) is 5.07. The molecule has 1 aliphatic carbocycles. The zero-order valence-corrected chi connectivity index (χ0v) is 15.7. The van der Waals surface area contributed by atoms with Crippen LogP contribution in [0.25, 0.3) is 0 Å². The fourth-order valence-corrected chi connectivity index (χ4v) is 3.58. The number of Topliss-reactive ketones (excluding diaryl/α,β-unsaturated/α-hetero) is 1. The Morgan fingerprint density at radius 2 is 2.04 bits per heavy atom. The van der Waals surface area contributed by atoms with E-state index in [1.807, 2.05) is 34.7 Å². The van der Waals surface area contributed by atoms with Crippen molar-refractivity contribution in [1.29, 1.82) is 0 Å². The fourth-order valence-electron chi connectivity index (χ4n) is 3.58. The molecule has 0 aromatic carbocycles. The van der Waals surface area contributed by atoms with Gasteiger partial charge < -0.3 is 9.73 Å². The second-order valence-electron chi connectivity index (χ2n) is 7.80. The predicted molar refractivity (Wildman–Crippen MR) is 93.7 cm³/mol. The molecule has 0 radical (unpaired) electrons. The molecule has 0 saturated heterocycles. The van der Waals surface area contributed by atoms with Crippen molar-refractivity contribution in [3.05, 3.63) is 40.1 Å². The van der Waals surface area contributed by atoms with Crippen LogP contribution in [-0.2, 0) is 13.5 Å². The van der Waals surface area contributed by atoms with Gasteiger partial charge in [0.2, 0.25) is 0 Å². The van der Waals surface area contributed by atoms with Crippen LogP contribution < -0.4 is 5.32 Å². The zero-order valence-electron chi connectivity index (χ0n) is 15.7. The van der Waals surface area contributed by atoms with Gasteiger partial charge in [0.05, 0.1) is 17.8 Å². The van der Waals surface area contributed by atoms with Gasteiger partial charge in [-0.2, -0.15) is 5.10 Å². The van der Waals surface area contributed by atoms with Crippen molar-refractivity contribution in [2.24, 2.45) is 12.5 Å². The van der Waals surface area contributed by atoms with Crippen LogP contribution in [0.15, 0.2) is 10.6 Å². The van der Waals surface area contributed by atoms with Gasteiger partial charge in [-0.15, -0.1) is 0 Å². The summed E-state index contributed by atoms with van der Waals surface area (Å²) >= 11 is 0. The van der Waals surface area contributed by atoms with Gasteiger partial charge in [0.25, 0.3) is 5.91 Å². The molecule has 2 aromatic heterocycles. The topological polar surface area (TPSA) is 77.1 Å². The third-order valence-corrected chi connectivity index (χ3v) is 5.07. The largest absolute Gasteiger partial charge is 0.455 e. The molecule has 134 valence electrons. The minimum Gasteiger partial charge on any atom is -0.455 e. The molecule has 2 aromatic rings. The molecule has 0 saturated carbocycles. The summed E-state index contributed by atoms with van der Waals surface area (Å²) in [6, 6.07) is -0.199. The number of nitrogens with one attached hydrogen (secondary N) is 1. The Hall–Kier alpha value is -2.37. The molecule has 0 bridgehead atoms. The van der Waals surface area contributed by atoms with Gasteiger partial charge in [-0.3, -0.25) is 14.3 Å². The van der Waals surface area contributed by atoms with Crippen molar-refractivity contribution in [3.8, 4) is 0 Å². The molecular formula is C19H25N3O3. The number of rotatable bonds is 3. The van der Waals surface area contributed by atoms with Gasteiger partial charge in [0, 0.05) is 36.7 Å². The average Bonchev–Trinajstić information content (AvgIpc) is 2.99. The van der Waals surface area contributed by atoms with Crippen LogP contribution in [-0.4, -0.2) is 21.5 Å². The van der Waals surface area contributed by atoms with Crippen molar-refractivity contribution < 1.29 is 14.0 Å². The smallest absolute Gasteiger partial charge is 0.287 e. The maximum atomic E-state index is 12.7. The van der Waals surface area contributed by atoms with E-state index >= 15 is 0 Å². The van der Waals surface area contributed by atoms with Crippen molar-refractivity contribution in [2.45, 2.75) is 53.5 Å². The van der Waals surface area contributed by atoms with Gasteiger partial charge in [0.1, 0.15) is 5.76 Å². The third kappa shape index (κ3) is 3.01. The van der Waals surface area contributed by atoms with E-state index < -0.39 is 0 Å². The minimum absolute atomic E-state index is 0.0581. The van der Waals surface area contributed by atoms with E-state index in [9.17, 15) is 9.59 Å². The van der Waals surface area contributed by atoms with E-state index in [4.69, 9.17) is 4.42 Å². The minimum atomic E-state index is -0.298. The van der Waals surface area contributed by atoms with Crippen molar-refractivity contribution >= 4 is 11.7 Å². The van der Waals surface area contributed by atoms with Crippen LogP contribution in [0.5, 0.6) is 0 Å². The van der Waals surface area contributed by atoms with Crippen molar-refractivity contribution in [2.75, 3.05) is 0 Å². The number of aryl methyl sites for hydroxylation is 1. The highest BCUT2D eigenvalue weighted by Crippen LogP contribution is 2.38. The van der Waals surface area contributed by atoms with Crippen LogP contribution in [0.4, 0.5) is 0 Å². The van der Waals surface area contributed by atoms with Crippen LogP contribution in [0.1, 0.15) is 76.7 Å². The van der Waals surface area contributed by atoms with Crippen LogP contribution >= 0.6 is 0 Å². The Bertz CT molecular complexity index is 858. The molecule has 1 atom stereocenters. The molecule has 1 aliphatic rings. The average molecular weight is 343 g/mol. The standard InChI is InChI=1S/C19H25N3O3/c1-10-16-14(23)7-19(4,5)8-15(16)25-17(10)18(24)21-11(2)13-9-20-22(6)12(13)3/h9,11H,7-8H2,1-6H3,(H,21,24). The van der Waals surface area contributed by atoms with Crippen LogP contribution in [0.2, 0.25) is 0 Å². The number of hydrogen-bond acceptors (Lipinski definition) is 4. The molecule has 0 spiro atoms. The maximum absolute atomic E-state index is 12.7. The number of furan rings is 1. The predicted octanol–water partition coefficient (Wildman–Crippen LogP) is 3.28. The van der Waals surface area contributed by atoms with Gasteiger partial charge in [-0.05, 0) is 26.2 Å². The van der Waals surface area contributed by atoms with E-state index in [2.05, 4.69) is 10.4 Å². The molecule has 2 heterocycles. The van der Waals surface area contributed by atoms with Crippen LogP contribution in [0.3, 0.4) is 0 Å². The van der Waals surface area contributed by atoms with E-state index in [1.165, 1.54) is 0 Å². The molecule has 1 N–H and O–H groups in total. The molecule has 6 heteroatoms. The highest BCUT2D eigenvalue weighted by molar-refractivity contribution is 6.03. The first-order valence-corrected chi connectivity index (χ1v) is 8.55. The number of hydrogen-bond donors (Lipinski definition) is 1. The summed E-state index contributed by atoms with van der Waals surface area (Å²) in [4.78, 5) is 25.2. The number of amides is 1. The van der Waals surface area contributed by atoms with Crippen LogP contribution in [0, 0.1) is 19.3 Å². The Balaban J connectivity index is 1.87. The lowest BCUT2D eigenvalue weighted by atomic mass is 9.76. The molecule has 1 amide bonds. The highest BCUT2D eigenvalue weighted by atomic mass is 16.4. The Labute approximate surface area is 147 Å². The molecule has 25 heavy (non-hydrogen) atoms. The first kappa shape index (κ1) is 17.5. The number of carbonyl (C=O) groups is 2. The van der Waals surface area contributed by atoms with Crippen molar-refractivity contribution in [3.63, 3.8) is 0 Å². The van der Waals surface area contributed by atoms with Gasteiger partial charge in [-0.1, -0.05) is 13.8 Å². The molecule has 3 rings (SSSR count). The SMILES string of the molecule is Cc1c(C(=O)NC(C)c2cnn(C)c2C)oc2c1C(=O)CC(C)(C)C2. The molecule has 6 nitrogen and oxygen atoms in total. The van der Waals surface area contributed by atoms with E-state index in [1.54, 1.807) is 17.8 Å². The van der Waals surface area contributed by atoms with E-state index in [0.29, 0.717) is 29.7 Å². The summed E-state index contributed by atoms with van der Waals surface area (Å²) < 4.78 is 7.60. The van der Waals surface area contributed by atoms with Crippen molar-refractivity contribution in [1.82, 2.24) is 15.1 Å². The van der Waals surface area contributed by atoms with Gasteiger partial charge in [0.15, 0.2) is 11.5 Å². The lowest BCUT2D eigenvalue weighted by Crippen LogP contribution is -2.27. The van der Waals surface area contributed by atoms with Gasteiger partial charge in [-0.25, -0.2) is 0 Å². The summed E-state index contributed by atoms with van der Waals surface area (Å²) in [5.41, 5.74) is 3.06. The zero-order chi connectivity index (χ0) is 18.5.